The first-order valence-electron chi connectivity index (χ1n) is 6.29. The van der Waals surface area contributed by atoms with Crippen LogP contribution in [0.5, 0.6) is 0 Å². The largest absolute Gasteiger partial charge is 0.371 e. The van der Waals surface area contributed by atoms with E-state index in [9.17, 15) is 4.79 Å². The number of nitrogens with two attached hydrogens (primary N) is 1. The minimum absolute atomic E-state index is 0.213. The lowest BCUT2D eigenvalue weighted by molar-refractivity contribution is -0.0271. The average molecular weight is 267 g/mol. The SMILES string of the molecule is CC1CN(c2nc(C(N)=O)cs2)CC(C2CC2)O1. The number of nitrogens with zero attached hydrogens (tertiary/aromatic N) is 2. The first-order chi connectivity index (χ1) is 8.63. The zero-order chi connectivity index (χ0) is 12.7. The predicted molar refractivity (Wildman–Crippen MR) is 69.9 cm³/mol. The van der Waals surface area contributed by atoms with Crippen LogP contribution in [0.2, 0.25) is 0 Å². The number of thiazole rings is 1. The fourth-order valence-corrected chi connectivity index (χ4v) is 3.23. The van der Waals surface area contributed by atoms with Gasteiger partial charge < -0.3 is 15.4 Å². The summed E-state index contributed by atoms with van der Waals surface area (Å²) in [5.41, 5.74) is 5.59. The van der Waals surface area contributed by atoms with Crippen molar-refractivity contribution < 1.29 is 9.53 Å². The van der Waals surface area contributed by atoms with Gasteiger partial charge >= 0.3 is 0 Å². The second-order valence-electron chi connectivity index (χ2n) is 5.11. The molecule has 2 aliphatic rings. The monoisotopic (exact) mass is 267 g/mol. The molecule has 98 valence electrons. The van der Waals surface area contributed by atoms with E-state index >= 15 is 0 Å². The number of aromatic nitrogens is 1. The molecule has 0 bridgehead atoms. The highest BCUT2D eigenvalue weighted by Gasteiger charge is 2.37. The maximum absolute atomic E-state index is 11.1. The molecule has 3 rings (SSSR count). The molecule has 2 atom stereocenters. The predicted octanol–water partition coefficient (Wildman–Crippen LogP) is 1.25. The van der Waals surface area contributed by atoms with Crippen LogP contribution < -0.4 is 10.6 Å². The minimum atomic E-state index is -0.461. The van der Waals surface area contributed by atoms with E-state index < -0.39 is 5.91 Å². The van der Waals surface area contributed by atoms with Crippen LogP contribution in [-0.2, 0) is 4.74 Å². The highest BCUT2D eigenvalue weighted by atomic mass is 32.1. The van der Waals surface area contributed by atoms with E-state index in [1.165, 1.54) is 24.2 Å². The first kappa shape index (κ1) is 11.9. The Balaban J connectivity index is 1.75. The lowest BCUT2D eigenvalue weighted by Crippen LogP contribution is -2.47. The Morgan fingerprint density at radius 3 is 2.94 bits per heavy atom. The molecule has 2 fully saturated rings. The molecule has 2 N–H and O–H groups in total. The highest BCUT2D eigenvalue weighted by molar-refractivity contribution is 7.13. The van der Waals surface area contributed by atoms with Gasteiger partial charge in [-0.1, -0.05) is 0 Å². The molecule has 0 aromatic carbocycles. The van der Waals surface area contributed by atoms with E-state index in [0.29, 0.717) is 17.7 Å². The number of carbonyl (C=O) groups is 1. The lowest BCUT2D eigenvalue weighted by Gasteiger charge is -2.36. The van der Waals surface area contributed by atoms with Crippen LogP contribution in [0.3, 0.4) is 0 Å². The summed E-state index contributed by atoms with van der Waals surface area (Å²) < 4.78 is 5.96. The normalized spacial score (nSPS) is 28.4. The smallest absolute Gasteiger partial charge is 0.268 e. The Morgan fingerprint density at radius 2 is 2.33 bits per heavy atom. The van der Waals surface area contributed by atoms with Crippen molar-refractivity contribution in [1.29, 1.82) is 0 Å². The summed E-state index contributed by atoms with van der Waals surface area (Å²) in [6.07, 6.45) is 3.07. The van der Waals surface area contributed by atoms with E-state index in [2.05, 4.69) is 16.8 Å². The van der Waals surface area contributed by atoms with Crippen molar-refractivity contribution in [1.82, 2.24) is 4.98 Å². The minimum Gasteiger partial charge on any atom is -0.371 e. The molecule has 1 aromatic heterocycles. The molecule has 6 heteroatoms. The first-order valence-corrected chi connectivity index (χ1v) is 7.17. The van der Waals surface area contributed by atoms with Crippen molar-refractivity contribution in [3.8, 4) is 0 Å². The van der Waals surface area contributed by atoms with Gasteiger partial charge in [0.05, 0.1) is 12.2 Å². The van der Waals surface area contributed by atoms with Gasteiger partial charge in [-0.05, 0) is 25.7 Å². The van der Waals surface area contributed by atoms with E-state index in [-0.39, 0.29) is 6.10 Å². The van der Waals surface area contributed by atoms with E-state index in [1.54, 1.807) is 5.38 Å². The highest BCUT2D eigenvalue weighted by Crippen LogP contribution is 2.37. The fourth-order valence-electron chi connectivity index (χ4n) is 2.39. The molecule has 2 heterocycles. The number of anilines is 1. The van der Waals surface area contributed by atoms with Crippen LogP contribution in [-0.4, -0.2) is 36.2 Å². The van der Waals surface area contributed by atoms with E-state index in [1.807, 2.05) is 0 Å². The molecule has 1 saturated heterocycles. The molecule has 2 unspecified atom stereocenters. The molecule has 1 aliphatic heterocycles. The molecule has 1 aliphatic carbocycles. The van der Waals surface area contributed by atoms with Crippen LogP contribution >= 0.6 is 11.3 Å². The number of hydrogen-bond acceptors (Lipinski definition) is 5. The molecule has 1 amide bonds. The maximum atomic E-state index is 11.1. The summed E-state index contributed by atoms with van der Waals surface area (Å²) in [5, 5.41) is 2.61. The van der Waals surface area contributed by atoms with E-state index in [4.69, 9.17) is 10.5 Å². The molecule has 1 saturated carbocycles. The standard InChI is InChI=1S/C12H17N3O2S/c1-7-4-15(5-10(17-7)8-2-3-8)12-14-9(6-18-12)11(13)16/h6-8,10H,2-5H2,1H3,(H2,13,16). The molecule has 0 spiro atoms. The summed E-state index contributed by atoms with van der Waals surface area (Å²) in [6, 6.07) is 0. The maximum Gasteiger partial charge on any atom is 0.268 e. The van der Waals surface area contributed by atoms with Crippen LogP contribution in [0.4, 0.5) is 5.13 Å². The third-order valence-corrected chi connectivity index (χ3v) is 4.35. The number of carbonyl (C=O) groups excluding carboxylic acids is 1. The van der Waals surface area contributed by atoms with Gasteiger partial charge in [0.15, 0.2) is 5.13 Å². The Kier molecular flexibility index (Phi) is 2.99. The third kappa shape index (κ3) is 2.35. The molecule has 0 radical (unpaired) electrons. The van der Waals surface area contributed by atoms with Crippen molar-refractivity contribution >= 4 is 22.4 Å². The number of primary amides is 1. The second kappa shape index (κ2) is 4.51. The Bertz CT molecular complexity index is 458. The fraction of sp³-hybridized carbons (Fsp3) is 0.667. The molecular weight excluding hydrogens is 250 g/mol. The van der Waals surface area contributed by atoms with Crippen molar-refractivity contribution in [3.63, 3.8) is 0 Å². The summed E-state index contributed by atoms with van der Waals surface area (Å²) in [5.74, 6) is 0.253. The number of morpholine rings is 1. The van der Waals surface area contributed by atoms with Crippen molar-refractivity contribution in [2.45, 2.75) is 32.0 Å². The van der Waals surface area contributed by atoms with Crippen molar-refractivity contribution in [2.75, 3.05) is 18.0 Å². The van der Waals surface area contributed by atoms with Crippen LogP contribution in [0.1, 0.15) is 30.3 Å². The van der Waals surface area contributed by atoms with Gasteiger partial charge in [0.1, 0.15) is 5.69 Å². The zero-order valence-electron chi connectivity index (χ0n) is 10.3. The van der Waals surface area contributed by atoms with Crippen molar-refractivity contribution in [2.24, 2.45) is 11.7 Å². The lowest BCUT2D eigenvalue weighted by atomic mass is 10.1. The zero-order valence-corrected chi connectivity index (χ0v) is 11.2. The van der Waals surface area contributed by atoms with Gasteiger partial charge in [-0.2, -0.15) is 0 Å². The second-order valence-corrected chi connectivity index (χ2v) is 5.94. The van der Waals surface area contributed by atoms with Gasteiger partial charge in [-0.25, -0.2) is 4.98 Å². The quantitative estimate of drug-likeness (QED) is 0.895. The van der Waals surface area contributed by atoms with Crippen LogP contribution in [0, 0.1) is 5.92 Å². The number of amides is 1. The number of hydrogen-bond donors (Lipinski definition) is 1. The summed E-state index contributed by atoms with van der Waals surface area (Å²) in [7, 11) is 0. The summed E-state index contributed by atoms with van der Waals surface area (Å²) in [6.45, 7) is 3.79. The summed E-state index contributed by atoms with van der Waals surface area (Å²) in [4.78, 5) is 17.6. The van der Waals surface area contributed by atoms with Crippen molar-refractivity contribution in [3.05, 3.63) is 11.1 Å². The van der Waals surface area contributed by atoms with Gasteiger partial charge in [0.25, 0.3) is 5.91 Å². The van der Waals surface area contributed by atoms with Gasteiger partial charge in [-0.3, -0.25) is 4.79 Å². The van der Waals surface area contributed by atoms with Gasteiger partial charge in [-0.15, -0.1) is 11.3 Å². The van der Waals surface area contributed by atoms with E-state index in [0.717, 1.165) is 18.2 Å². The molecule has 1 aromatic rings. The van der Waals surface area contributed by atoms with Gasteiger partial charge in [0, 0.05) is 18.5 Å². The van der Waals surface area contributed by atoms with Crippen LogP contribution in [0.15, 0.2) is 5.38 Å². The summed E-state index contributed by atoms with van der Waals surface area (Å²) >= 11 is 1.48. The Morgan fingerprint density at radius 1 is 1.56 bits per heavy atom. The average Bonchev–Trinajstić information content (AvgIpc) is 3.05. The topological polar surface area (TPSA) is 68.5 Å². The Labute approximate surface area is 110 Å². The van der Waals surface area contributed by atoms with Crippen LogP contribution in [0.25, 0.3) is 0 Å². The third-order valence-electron chi connectivity index (χ3n) is 3.45. The Hall–Kier alpha value is -1.14. The molecule has 18 heavy (non-hydrogen) atoms. The molecule has 5 nitrogen and oxygen atoms in total. The van der Waals surface area contributed by atoms with Gasteiger partial charge in [0.2, 0.25) is 0 Å². The number of rotatable bonds is 3. The molecular formula is C12H17N3O2S. The number of ether oxygens (including phenoxy) is 1.